The van der Waals surface area contributed by atoms with Crippen LogP contribution in [0.5, 0.6) is 0 Å². The maximum absolute atomic E-state index is 11.7. The van der Waals surface area contributed by atoms with Crippen molar-refractivity contribution in [1.82, 2.24) is 14.9 Å². The highest BCUT2D eigenvalue weighted by Crippen LogP contribution is 2.16. The Morgan fingerprint density at radius 1 is 1.37 bits per heavy atom. The normalized spacial score (nSPS) is 20.1. The van der Waals surface area contributed by atoms with Gasteiger partial charge in [-0.15, -0.1) is 0 Å². The number of rotatable bonds is 5. The summed E-state index contributed by atoms with van der Waals surface area (Å²) in [7, 11) is -3.26. The number of carbonyl (C=O) groups excluding carboxylic acids is 1. The Labute approximate surface area is 112 Å². The van der Waals surface area contributed by atoms with Gasteiger partial charge < -0.3 is 15.3 Å². The number of carboxylic acid groups (broad SMARTS) is 1. The lowest BCUT2D eigenvalue weighted by Gasteiger charge is -2.30. The minimum atomic E-state index is -3.26. The van der Waals surface area contributed by atoms with Gasteiger partial charge in [-0.2, -0.15) is 0 Å². The largest absolute Gasteiger partial charge is 0.481 e. The second-order valence-electron chi connectivity index (χ2n) is 4.52. The van der Waals surface area contributed by atoms with Crippen LogP contribution in [0, 0.1) is 5.92 Å². The molecule has 0 saturated carbocycles. The maximum atomic E-state index is 11.7. The molecule has 0 bridgehead atoms. The predicted octanol–water partition coefficient (Wildman–Crippen LogP) is -0.958. The summed E-state index contributed by atoms with van der Waals surface area (Å²) in [5, 5.41) is 11.5. The summed E-state index contributed by atoms with van der Waals surface area (Å²) in [5.74, 6) is -1.41. The first kappa shape index (κ1) is 15.7. The number of nitrogens with zero attached hydrogens (tertiary/aromatic N) is 1. The Morgan fingerprint density at radius 3 is 2.63 bits per heavy atom. The van der Waals surface area contributed by atoms with Crippen molar-refractivity contribution in [1.29, 1.82) is 0 Å². The van der Waals surface area contributed by atoms with Crippen LogP contribution in [-0.4, -0.2) is 62.9 Å². The zero-order chi connectivity index (χ0) is 14.5. The van der Waals surface area contributed by atoms with Gasteiger partial charge in [-0.1, -0.05) is 0 Å². The standard InChI is InChI=1S/C10H19N3O5S/c1-19(17,18)12-5-4-11-10(16)13-6-2-3-8(7-13)9(14)15/h8,12H,2-7H2,1H3,(H,11,16)(H,14,15)/t8-/m1/s1. The molecule has 1 rings (SSSR count). The molecule has 110 valence electrons. The Kier molecular flexibility index (Phi) is 5.55. The van der Waals surface area contributed by atoms with Crippen LogP contribution < -0.4 is 10.0 Å². The van der Waals surface area contributed by atoms with Crippen LogP contribution in [-0.2, 0) is 14.8 Å². The molecule has 0 aromatic rings. The topological polar surface area (TPSA) is 116 Å². The van der Waals surface area contributed by atoms with E-state index in [1.807, 2.05) is 0 Å². The van der Waals surface area contributed by atoms with Gasteiger partial charge in [0.25, 0.3) is 0 Å². The zero-order valence-electron chi connectivity index (χ0n) is 10.8. The van der Waals surface area contributed by atoms with E-state index in [1.165, 1.54) is 4.90 Å². The summed E-state index contributed by atoms with van der Waals surface area (Å²) in [6, 6.07) is -0.360. The molecule has 1 saturated heterocycles. The van der Waals surface area contributed by atoms with Crippen molar-refractivity contribution in [2.75, 3.05) is 32.4 Å². The molecule has 3 N–H and O–H groups in total. The predicted molar refractivity (Wildman–Crippen MR) is 68.2 cm³/mol. The molecule has 1 atom stereocenters. The third-order valence-electron chi connectivity index (χ3n) is 2.82. The third kappa shape index (κ3) is 5.88. The van der Waals surface area contributed by atoms with E-state index in [1.54, 1.807) is 0 Å². The quantitative estimate of drug-likeness (QED) is 0.565. The molecule has 1 aliphatic rings. The molecule has 1 heterocycles. The lowest BCUT2D eigenvalue weighted by molar-refractivity contribution is -0.143. The van der Waals surface area contributed by atoms with Gasteiger partial charge in [0.05, 0.1) is 12.2 Å². The molecule has 1 aliphatic heterocycles. The van der Waals surface area contributed by atoms with E-state index >= 15 is 0 Å². The maximum Gasteiger partial charge on any atom is 0.317 e. The first-order valence-electron chi connectivity index (χ1n) is 6.00. The Bertz CT molecular complexity index is 436. The van der Waals surface area contributed by atoms with E-state index in [0.717, 1.165) is 6.26 Å². The molecule has 8 nitrogen and oxygen atoms in total. The first-order chi connectivity index (χ1) is 8.79. The smallest absolute Gasteiger partial charge is 0.317 e. The second kappa shape index (κ2) is 6.71. The first-order valence-corrected chi connectivity index (χ1v) is 7.89. The summed E-state index contributed by atoms with van der Waals surface area (Å²) >= 11 is 0. The van der Waals surface area contributed by atoms with Crippen LogP contribution in [0.2, 0.25) is 0 Å². The summed E-state index contributed by atoms with van der Waals surface area (Å²) in [6.45, 7) is 0.997. The van der Waals surface area contributed by atoms with Crippen molar-refractivity contribution >= 4 is 22.0 Å². The van der Waals surface area contributed by atoms with E-state index < -0.39 is 21.9 Å². The average Bonchev–Trinajstić information content (AvgIpc) is 2.33. The summed E-state index contributed by atoms with van der Waals surface area (Å²) in [6.07, 6.45) is 2.28. The van der Waals surface area contributed by atoms with Gasteiger partial charge in [0, 0.05) is 26.2 Å². The molecule has 0 aliphatic carbocycles. The summed E-state index contributed by atoms with van der Waals surface area (Å²) in [5.41, 5.74) is 0. The molecule has 9 heteroatoms. The Hall–Kier alpha value is -1.35. The van der Waals surface area contributed by atoms with Gasteiger partial charge in [0.2, 0.25) is 10.0 Å². The Balaban J connectivity index is 2.31. The number of hydrogen-bond donors (Lipinski definition) is 3. The number of urea groups is 1. The van der Waals surface area contributed by atoms with Gasteiger partial charge in [-0.05, 0) is 12.8 Å². The molecule has 0 spiro atoms. The number of nitrogens with one attached hydrogen (secondary N) is 2. The van der Waals surface area contributed by atoms with Crippen LogP contribution in [0.25, 0.3) is 0 Å². The molecule has 0 radical (unpaired) electrons. The number of carbonyl (C=O) groups is 2. The molecule has 2 amide bonds. The fourth-order valence-corrected chi connectivity index (χ4v) is 2.35. The highest BCUT2D eigenvalue weighted by molar-refractivity contribution is 7.88. The van der Waals surface area contributed by atoms with Gasteiger partial charge in [0.15, 0.2) is 0 Å². The van der Waals surface area contributed by atoms with E-state index in [4.69, 9.17) is 5.11 Å². The lowest BCUT2D eigenvalue weighted by Crippen LogP contribution is -2.48. The molecule has 0 aromatic carbocycles. The minimum Gasteiger partial charge on any atom is -0.481 e. The average molecular weight is 293 g/mol. The molecular formula is C10H19N3O5S. The van der Waals surface area contributed by atoms with Crippen LogP contribution >= 0.6 is 0 Å². The molecule has 0 unspecified atom stereocenters. The molecule has 0 aromatic heterocycles. The molecule has 19 heavy (non-hydrogen) atoms. The monoisotopic (exact) mass is 293 g/mol. The van der Waals surface area contributed by atoms with Gasteiger partial charge in [-0.25, -0.2) is 17.9 Å². The number of hydrogen-bond acceptors (Lipinski definition) is 4. The number of piperidine rings is 1. The number of amides is 2. The Morgan fingerprint density at radius 2 is 2.05 bits per heavy atom. The van der Waals surface area contributed by atoms with E-state index in [9.17, 15) is 18.0 Å². The molecule has 1 fully saturated rings. The van der Waals surface area contributed by atoms with Crippen LogP contribution in [0.4, 0.5) is 4.79 Å². The van der Waals surface area contributed by atoms with Gasteiger partial charge in [0.1, 0.15) is 0 Å². The van der Waals surface area contributed by atoms with Crippen LogP contribution in [0.3, 0.4) is 0 Å². The number of sulfonamides is 1. The van der Waals surface area contributed by atoms with Crippen molar-refractivity contribution in [3.8, 4) is 0 Å². The second-order valence-corrected chi connectivity index (χ2v) is 6.35. The van der Waals surface area contributed by atoms with Crippen molar-refractivity contribution in [3.05, 3.63) is 0 Å². The molecular weight excluding hydrogens is 274 g/mol. The zero-order valence-corrected chi connectivity index (χ0v) is 11.6. The number of likely N-dealkylation sites (tertiary alicyclic amines) is 1. The van der Waals surface area contributed by atoms with E-state index in [0.29, 0.717) is 19.4 Å². The fraction of sp³-hybridized carbons (Fsp3) is 0.800. The van der Waals surface area contributed by atoms with E-state index in [-0.39, 0.29) is 25.7 Å². The highest BCUT2D eigenvalue weighted by atomic mass is 32.2. The number of carboxylic acids is 1. The van der Waals surface area contributed by atoms with Crippen molar-refractivity contribution in [3.63, 3.8) is 0 Å². The van der Waals surface area contributed by atoms with Gasteiger partial charge >= 0.3 is 12.0 Å². The van der Waals surface area contributed by atoms with Crippen LogP contribution in [0.15, 0.2) is 0 Å². The van der Waals surface area contributed by atoms with Crippen molar-refractivity contribution in [2.24, 2.45) is 5.92 Å². The SMILES string of the molecule is CS(=O)(=O)NCCNC(=O)N1CCC[C@@H](C(=O)O)C1. The summed E-state index contributed by atoms with van der Waals surface area (Å²) in [4.78, 5) is 24.0. The fourth-order valence-electron chi connectivity index (χ4n) is 1.88. The van der Waals surface area contributed by atoms with E-state index in [2.05, 4.69) is 10.0 Å². The summed E-state index contributed by atoms with van der Waals surface area (Å²) < 4.78 is 23.8. The third-order valence-corrected chi connectivity index (χ3v) is 3.55. The van der Waals surface area contributed by atoms with Crippen molar-refractivity contribution < 1.29 is 23.1 Å². The number of aliphatic carboxylic acids is 1. The lowest BCUT2D eigenvalue weighted by atomic mass is 9.99. The highest BCUT2D eigenvalue weighted by Gasteiger charge is 2.27. The van der Waals surface area contributed by atoms with Gasteiger partial charge in [-0.3, -0.25) is 4.79 Å². The minimum absolute atomic E-state index is 0.112. The van der Waals surface area contributed by atoms with Crippen LogP contribution in [0.1, 0.15) is 12.8 Å². The van der Waals surface area contributed by atoms with Crippen molar-refractivity contribution in [2.45, 2.75) is 12.8 Å².